The van der Waals surface area contributed by atoms with Crippen LogP contribution in [0.5, 0.6) is 0 Å². The number of carboxylic acids is 1. The SMILES string of the molecule is CC1CCCCC1(NS(=O)(=O)c1ccnn1C)C(=O)O. The highest BCUT2D eigenvalue weighted by Gasteiger charge is 2.48. The number of sulfonamides is 1. The first-order valence-corrected chi connectivity index (χ1v) is 8.03. The molecule has 2 N–H and O–H groups in total. The van der Waals surface area contributed by atoms with Crippen LogP contribution in [-0.2, 0) is 21.9 Å². The molecule has 1 aliphatic rings. The van der Waals surface area contributed by atoms with Gasteiger partial charge in [0.2, 0.25) is 0 Å². The Kier molecular flexibility index (Phi) is 3.88. The average Bonchev–Trinajstić information content (AvgIpc) is 2.79. The number of aromatic nitrogens is 2. The van der Waals surface area contributed by atoms with E-state index in [1.807, 2.05) is 0 Å². The van der Waals surface area contributed by atoms with Gasteiger partial charge in [0, 0.05) is 7.05 Å². The van der Waals surface area contributed by atoms with Crippen LogP contribution in [0.1, 0.15) is 32.6 Å². The van der Waals surface area contributed by atoms with Crippen LogP contribution in [0.3, 0.4) is 0 Å². The topological polar surface area (TPSA) is 101 Å². The van der Waals surface area contributed by atoms with Crippen LogP contribution in [-0.4, -0.2) is 34.8 Å². The molecular formula is C12H19N3O4S. The van der Waals surface area contributed by atoms with E-state index in [0.29, 0.717) is 19.3 Å². The van der Waals surface area contributed by atoms with Gasteiger partial charge in [0.05, 0.1) is 6.20 Å². The summed E-state index contributed by atoms with van der Waals surface area (Å²) in [5.74, 6) is -1.37. The van der Waals surface area contributed by atoms with Crippen LogP contribution in [0.25, 0.3) is 0 Å². The van der Waals surface area contributed by atoms with Gasteiger partial charge in [-0.25, -0.2) is 8.42 Å². The molecule has 0 aliphatic heterocycles. The fourth-order valence-corrected chi connectivity index (χ4v) is 4.39. The predicted octanol–water partition coefficient (Wildman–Crippen LogP) is 0.732. The lowest BCUT2D eigenvalue weighted by Gasteiger charge is -2.39. The van der Waals surface area contributed by atoms with Gasteiger partial charge in [0.25, 0.3) is 10.0 Å². The number of aryl methyl sites for hydroxylation is 1. The van der Waals surface area contributed by atoms with Gasteiger partial charge in [0.15, 0.2) is 5.03 Å². The van der Waals surface area contributed by atoms with Gasteiger partial charge in [-0.3, -0.25) is 9.48 Å². The second-order valence-corrected chi connectivity index (χ2v) is 6.95. The summed E-state index contributed by atoms with van der Waals surface area (Å²) in [6.07, 6.45) is 3.99. The quantitative estimate of drug-likeness (QED) is 0.853. The smallest absolute Gasteiger partial charge is 0.325 e. The summed E-state index contributed by atoms with van der Waals surface area (Å²) >= 11 is 0. The van der Waals surface area contributed by atoms with E-state index in [0.717, 1.165) is 6.42 Å². The Morgan fingerprint density at radius 2 is 2.25 bits per heavy atom. The molecule has 0 amide bonds. The lowest BCUT2D eigenvalue weighted by Crippen LogP contribution is -2.59. The summed E-state index contributed by atoms with van der Waals surface area (Å²) in [7, 11) is -2.41. The van der Waals surface area contributed by atoms with E-state index >= 15 is 0 Å². The van der Waals surface area contributed by atoms with Gasteiger partial charge in [-0.1, -0.05) is 19.8 Å². The molecule has 1 fully saturated rings. The molecule has 1 aromatic heterocycles. The van der Waals surface area contributed by atoms with E-state index in [1.54, 1.807) is 6.92 Å². The maximum atomic E-state index is 12.4. The van der Waals surface area contributed by atoms with Crippen molar-refractivity contribution in [2.75, 3.05) is 0 Å². The molecule has 1 heterocycles. The van der Waals surface area contributed by atoms with Crippen molar-refractivity contribution in [2.24, 2.45) is 13.0 Å². The van der Waals surface area contributed by atoms with Crippen LogP contribution in [0.4, 0.5) is 0 Å². The van der Waals surface area contributed by atoms with Gasteiger partial charge in [-0.15, -0.1) is 0 Å². The van der Waals surface area contributed by atoms with Gasteiger partial charge < -0.3 is 5.11 Å². The Hall–Kier alpha value is -1.41. The summed E-state index contributed by atoms with van der Waals surface area (Å²) in [6, 6.07) is 1.35. The van der Waals surface area contributed by atoms with Crippen molar-refractivity contribution >= 4 is 16.0 Å². The zero-order chi connectivity index (χ0) is 15.0. The van der Waals surface area contributed by atoms with E-state index in [-0.39, 0.29) is 10.9 Å². The fraction of sp³-hybridized carbons (Fsp3) is 0.667. The van der Waals surface area contributed by atoms with E-state index in [4.69, 9.17) is 0 Å². The van der Waals surface area contributed by atoms with Crippen molar-refractivity contribution in [1.82, 2.24) is 14.5 Å². The molecule has 2 atom stereocenters. The van der Waals surface area contributed by atoms with E-state index in [1.165, 1.54) is 24.0 Å². The maximum Gasteiger partial charge on any atom is 0.325 e. The third-order valence-corrected chi connectivity index (χ3v) is 5.63. The predicted molar refractivity (Wildman–Crippen MR) is 71.5 cm³/mol. The van der Waals surface area contributed by atoms with E-state index < -0.39 is 21.5 Å². The highest BCUT2D eigenvalue weighted by atomic mass is 32.2. The number of nitrogens with zero attached hydrogens (tertiary/aromatic N) is 2. The van der Waals surface area contributed by atoms with Crippen molar-refractivity contribution in [3.63, 3.8) is 0 Å². The molecule has 2 unspecified atom stereocenters. The van der Waals surface area contributed by atoms with Crippen LogP contribution >= 0.6 is 0 Å². The minimum atomic E-state index is -3.91. The minimum absolute atomic E-state index is 0.0316. The maximum absolute atomic E-state index is 12.4. The second-order valence-electron chi connectivity index (χ2n) is 5.32. The largest absolute Gasteiger partial charge is 0.480 e. The van der Waals surface area contributed by atoms with Crippen LogP contribution in [0.15, 0.2) is 17.3 Å². The van der Waals surface area contributed by atoms with Crippen molar-refractivity contribution < 1.29 is 18.3 Å². The van der Waals surface area contributed by atoms with Crippen LogP contribution < -0.4 is 4.72 Å². The molecule has 1 saturated carbocycles. The van der Waals surface area contributed by atoms with Gasteiger partial charge in [-0.05, 0) is 24.8 Å². The second kappa shape index (κ2) is 5.17. The molecule has 1 aromatic rings. The Labute approximate surface area is 118 Å². The van der Waals surface area contributed by atoms with E-state index in [2.05, 4.69) is 9.82 Å². The molecule has 0 aromatic carbocycles. The van der Waals surface area contributed by atoms with Crippen molar-refractivity contribution in [3.8, 4) is 0 Å². The van der Waals surface area contributed by atoms with Crippen LogP contribution in [0.2, 0.25) is 0 Å². The van der Waals surface area contributed by atoms with Crippen molar-refractivity contribution in [2.45, 2.75) is 43.2 Å². The first kappa shape index (κ1) is 15.0. The first-order valence-electron chi connectivity index (χ1n) is 6.55. The summed E-state index contributed by atoms with van der Waals surface area (Å²) in [5.41, 5.74) is -1.43. The Bertz CT molecular complexity index is 610. The molecule has 0 radical (unpaired) electrons. The molecule has 8 heteroatoms. The number of carboxylic acid groups (broad SMARTS) is 1. The number of hydrogen-bond acceptors (Lipinski definition) is 4. The van der Waals surface area contributed by atoms with Crippen molar-refractivity contribution in [1.29, 1.82) is 0 Å². The highest BCUT2D eigenvalue weighted by Crippen LogP contribution is 2.35. The zero-order valence-electron chi connectivity index (χ0n) is 11.5. The molecule has 1 aliphatic carbocycles. The number of hydrogen-bond donors (Lipinski definition) is 2. The molecule has 0 spiro atoms. The minimum Gasteiger partial charge on any atom is -0.480 e. The van der Waals surface area contributed by atoms with Gasteiger partial charge in [-0.2, -0.15) is 9.82 Å². The molecule has 0 saturated heterocycles. The van der Waals surface area contributed by atoms with Gasteiger partial charge >= 0.3 is 5.97 Å². The monoisotopic (exact) mass is 301 g/mol. The Morgan fingerprint density at radius 1 is 1.55 bits per heavy atom. The summed E-state index contributed by atoms with van der Waals surface area (Å²) < 4.78 is 28.4. The standard InChI is InChI=1S/C12H19N3O4S/c1-9-5-3-4-7-12(9,11(16)17)14-20(18,19)10-6-8-13-15(10)2/h6,8-9,14H,3-5,7H2,1-2H3,(H,16,17). The molecule has 7 nitrogen and oxygen atoms in total. The highest BCUT2D eigenvalue weighted by molar-refractivity contribution is 7.89. The summed E-state index contributed by atoms with van der Waals surface area (Å²) in [6.45, 7) is 1.78. The molecular weight excluding hydrogens is 282 g/mol. The zero-order valence-corrected chi connectivity index (χ0v) is 12.4. The number of aliphatic carboxylic acids is 1. The normalized spacial score (nSPS) is 27.4. The number of nitrogens with one attached hydrogen (secondary N) is 1. The molecule has 2 rings (SSSR count). The average molecular weight is 301 g/mol. The first-order chi connectivity index (χ1) is 9.29. The molecule has 0 bridgehead atoms. The molecule has 20 heavy (non-hydrogen) atoms. The van der Waals surface area contributed by atoms with Crippen LogP contribution in [0, 0.1) is 5.92 Å². The Morgan fingerprint density at radius 3 is 2.75 bits per heavy atom. The third kappa shape index (κ3) is 2.45. The summed E-state index contributed by atoms with van der Waals surface area (Å²) in [4.78, 5) is 11.7. The molecule has 112 valence electrons. The van der Waals surface area contributed by atoms with Gasteiger partial charge in [0.1, 0.15) is 5.54 Å². The third-order valence-electron chi connectivity index (χ3n) is 4.05. The fourth-order valence-electron chi connectivity index (χ4n) is 2.78. The lowest BCUT2D eigenvalue weighted by atomic mass is 9.74. The number of carbonyl (C=O) groups is 1. The van der Waals surface area contributed by atoms with E-state index in [9.17, 15) is 18.3 Å². The Balaban J connectivity index is 2.39. The summed E-state index contributed by atoms with van der Waals surface area (Å²) in [5, 5.41) is 13.3. The number of rotatable bonds is 4. The lowest BCUT2D eigenvalue weighted by molar-refractivity contribution is -0.147. The van der Waals surface area contributed by atoms with Crippen molar-refractivity contribution in [3.05, 3.63) is 12.3 Å².